The minimum atomic E-state index is -0.0766. The third-order valence-electron chi connectivity index (χ3n) is 4.61. The first-order valence-corrected chi connectivity index (χ1v) is 8.47. The van der Waals surface area contributed by atoms with E-state index in [4.69, 9.17) is 4.74 Å². The van der Waals surface area contributed by atoms with Gasteiger partial charge in [-0.3, -0.25) is 0 Å². The number of piperidine rings is 1. The number of carbonyl (C=O) groups is 1. The molecule has 3 aliphatic heterocycles. The Morgan fingerprint density at radius 3 is 2.45 bits per heavy atom. The molecule has 3 heterocycles. The van der Waals surface area contributed by atoms with E-state index in [9.17, 15) is 4.79 Å². The van der Waals surface area contributed by atoms with E-state index in [1.54, 1.807) is 0 Å². The van der Waals surface area contributed by atoms with Gasteiger partial charge in [0.2, 0.25) is 0 Å². The monoisotopic (exact) mass is 282 g/mol. The van der Waals surface area contributed by atoms with Crippen LogP contribution in [0.4, 0.5) is 4.79 Å². The Morgan fingerprint density at radius 2 is 1.70 bits per heavy atom. The summed E-state index contributed by atoms with van der Waals surface area (Å²) in [5, 5.41) is 0. The van der Waals surface area contributed by atoms with Crippen LogP contribution in [0.3, 0.4) is 0 Å². The van der Waals surface area contributed by atoms with Gasteiger partial charge < -0.3 is 14.5 Å². The summed E-state index contributed by atoms with van der Waals surface area (Å²) in [6.07, 6.45) is 9.55. The zero-order chi connectivity index (χ0) is 14.2. The van der Waals surface area contributed by atoms with E-state index in [0.717, 1.165) is 45.4 Å². The molecule has 4 heteroatoms. The zero-order valence-corrected chi connectivity index (χ0v) is 13.0. The Balaban J connectivity index is 1.59. The number of ether oxygens (including phenoxy) is 1. The number of fused-ring (bicyclic) bond motifs is 4. The van der Waals surface area contributed by atoms with Gasteiger partial charge in [-0.05, 0) is 19.3 Å². The van der Waals surface area contributed by atoms with Crippen LogP contribution in [0.15, 0.2) is 0 Å². The van der Waals surface area contributed by atoms with Crippen molar-refractivity contribution in [3.63, 3.8) is 0 Å². The summed E-state index contributed by atoms with van der Waals surface area (Å²) in [7, 11) is 0. The smallest absolute Gasteiger partial charge is 0.410 e. The minimum absolute atomic E-state index is 0.0766. The lowest BCUT2D eigenvalue weighted by atomic mass is 10.1. The van der Waals surface area contributed by atoms with Gasteiger partial charge in [0.05, 0.1) is 6.61 Å². The van der Waals surface area contributed by atoms with Gasteiger partial charge in [0, 0.05) is 32.2 Å². The maximum atomic E-state index is 12.2. The van der Waals surface area contributed by atoms with E-state index in [1.165, 1.54) is 32.1 Å². The highest BCUT2D eigenvalue weighted by Gasteiger charge is 2.32. The van der Waals surface area contributed by atoms with Gasteiger partial charge in [-0.15, -0.1) is 0 Å². The van der Waals surface area contributed by atoms with Gasteiger partial charge in [0.15, 0.2) is 0 Å². The Bertz CT molecular complexity index is 288. The molecule has 1 amide bonds. The first kappa shape index (κ1) is 15.6. The Kier molecular flexibility index (Phi) is 6.64. The van der Waals surface area contributed by atoms with Crippen molar-refractivity contribution >= 4 is 6.09 Å². The molecule has 0 aromatic heterocycles. The maximum Gasteiger partial charge on any atom is 0.410 e. The van der Waals surface area contributed by atoms with Crippen LogP contribution in [0.25, 0.3) is 0 Å². The maximum absolute atomic E-state index is 12.2. The first-order chi connectivity index (χ1) is 9.81. The second-order valence-corrected chi connectivity index (χ2v) is 6.15. The highest BCUT2D eigenvalue weighted by molar-refractivity contribution is 5.68. The highest BCUT2D eigenvalue weighted by atomic mass is 16.6. The molecular weight excluding hydrogens is 252 g/mol. The van der Waals surface area contributed by atoms with Gasteiger partial charge in [-0.25, -0.2) is 4.79 Å². The Morgan fingerprint density at radius 1 is 1.00 bits per heavy atom. The van der Waals surface area contributed by atoms with Crippen molar-refractivity contribution in [2.75, 3.05) is 32.8 Å². The summed E-state index contributed by atoms with van der Waals surface area (Å²) in [5.41, 5.74) is 0. The lowest BCUT2D eigenvalue weighted by Gasteiger charge is -2.30. The van der Waals surface area contributed by atoms with Crippen LogP contribution in [-0.2, 0) is 4.74 Å². The van der Waals surface area contributed by atoms with Crippen LogP contribution in [-0.4, -0.2) is 54.7 Å². The second-order valence-electron chi connectivity index (χ2n) is 6.15. The number of amides is 1. The fraction of sp³-hybridized carbons (Fsp3) is 0.938. The number of unbranched alkanes of at least 4 members (excludes halogenated alkanes) is 5. The summed E-state index contributed by atoms with van der Waals surface area (Å²) in [6.45, 7) is 6.98. The first-order valence-electron chi connectivity index (χ1n) is 8.47. The fourth-order valence-corrected chi connectivity index (χ4v) is 3.25. The SMILES string of the molecule is CCCCCCCCOC(=O)N1CCN2CCC1CC2. The van der Waals surface area contributed by atoms with Gasteiger partial charge in [0.1, 0.15) is 0 Å². The summed E-state index contributed by atoms with van der Waals surface area (Å²) in [6, 6.07) is 0.422. The average molecular weight is 282 g/mol. The molecular formula is C16H30N2O2. The quantitative estimate of drug-likeness (QED) is 0.672. The summed E-state index contributed by atoms with van der Waals surface area (Å²) >= 11 is 0. The summed E-state index contributed by atoms with van der Waals surface area (Å²) in [4.78, 5) is 16.6. The van der Waals surface area contributed by atoms with Crippen LogP contribution in [0.5, 0.6) is 0 Å². The average Bonchev–Trinajstić information content (AvgIpc) is 2.80. The topological polar surface area (TPSA) is 32.8 Å². The molecule has 0 aromatic carbocycles. The number of nitrogens with zero attached hydrogens (tertiary/aromatic N) is 2. The summed E-state index contributed by atoms with van der Waals surface area (Å²) in [5.74, 6) is 0. The fourth-order valence-electron chi connectivity index (χ4n) is 3.25. The van der Waals surface area contributed by atoms with Crippen molar-refractivity contribution in [2.45, 2.75) is 64.3 Å². The molecule has 4 nitrogen and oxygen atoms in total. The van der Waals surface area contributed by atoms with Gasteiger partial charge in [-0.1, -0.05) is 39.0 Å². The molecule has 3 rings (SSSR count). The predicted octanol–water partition coefficient (Wildman–Crippen LogP) is 3.26. The molecule has 0 spiro atoms. The van der Waals surface area contributed by atoms with Gasteiger partial charge in [-0.2, -0.15) is 0 Å². The molecule has 0 aromatic rings. The largest absolute Gasteiger partial charge is 0.449 e. The third-order valence-corrected chi connectivity index (χ3v) is 4.61. The van der Waals surface area contributed by atoms with Crippen molar-refractivity contribution in [1.29, 1.82) is 0 Å². The second kappa shape index (κ2) is 8.50. The van der Waals surface area contributed by atoms with E-state index < -0.39 is 0 Å². The van der Waals surface area contributed by atoms with Crippen molar-refractivity contribution in [3.8, 4) is 0 Å². The molecule has 3 fully saturated rings. The minimum Gasteiger partial charge on any atom is -0.449 e. The van der Waals surface area contributed by atoms with Gasteiger partial charge >= 0.3 is 6.09 Å². The highest BCUT2D eigenvalue weighted by Crippen LogP contribution is 2.21. The lowest BCUT2D eigenvalue weighted by molar-refractivity contribution is 0.0855. The molecule has 20 heavy (non-hydrogen) atoms. The van der Waals surface area contributed by atoms with Crippen LogP contribution < -0.4 is 0 Å². The molecule has 2 bridgehead atoms. The van der Waals surface area contributed by atoms with Crippen molar-refractivity contribution < 1.29 is 9.53 Å². The third kappa shape index (κ3) is 4.65. The standard InChI is InChI=1S/C16H30N2O2/c1-2-3-4-5-6-7-14-20-16(19)18-13-12-17-10-8-15(18)9-11-17/h15H,2-14H2,1H3. The van der Waals surface area contributed by atoms with Gasteiger partial charge in [0.25, 0.3) is 0 Å². The molecule has 116 valence electrons. The molecule has 0 N–H and O–H groups in total. The van der Waals surface area contributed by atoms with E-state index in [0.29, 0.717) is 12.6 Å². The van der Waals surface area contributed by atoms with E-state index in [2.05, 4.69) is 11.8 Å². The predicted molar refractivity (Wildman–Crippen MR) is 80.9 cm³/mol. The molecule has 0 aliphatic carbocycles. The molecule has 0 saturated carbocycles. The molecule has 0 atom stereocenters. The molecule has 3 aliphatic rings. The number of hydrogen-bond donors (Lipinski definition) is 0. The molecule has 0 radical (unpaired) electrons. The van der Waals surface area contributed by atoms with E-state index >= 15 is 0 Å². The number of rotatable bonds is 7. The molecule has 0 unspecified atom stereocenters. The summed E-state index contributed by atoms with van der Waals surface area (Å²) < 4.78 is 5.46. The van der Waals surface area contributed by atoms with Crippen LogP contribution >= 0.6 is 0 Å². The van der Waals surface area contributed by atoms with Crippen LogP contribution in [0.2, 0.25) is 0 Å². The van der Waals surface area contributed by atoms with Crippen molar-refractivity contribution in [1.82, 2.24) is 9.80 Å². The zero-order valence-electron chi connectivity index (χ0n) is 13.0. The normalized spacial score (nSPS) is 25.6. The van der Waals surface area contributed by atoms with Crippen LogP contribution in [0.1, 0.15) is 58.3 Å². The Labute approximate surface area is 123 Å². The lowest BCUT2D eigenvalue weighted by Crippen LogP contribution is -2.42. The number of carbonyl (C=O) groups excluding carboxylic acids is 1. The van der Waals surface area contributed by atoms with Crippen molar-refractivity contribution in [2.24, 2.45) is 0 Å². The van der Waals surface area contributed by atoms with Crippen LogP contribution in [0, 0.1) is 0 Å². The van der Waals surface area contributed by atoms with Crippen molar-refractivity contribution in [3.05, 3.63) is 0 Å². The molecule has 3 saturated heterocycles. The number of hydrogen-bond acceptors (Lipinski definition) is 3. The van der Waals surface area contributed by atoms with E-state index in [1.807, 2.05) is 4.90 Å². The Hall–Kier alpha value is -0.770. The van der Waals surface area contributed by atoms with E-state index in [-0.39, 0.29) is 6.09 Å².